The van der Waals surface area contributed by atoms with Gasteiger partial charge in [0.2, 0.25) is 0 Å². The van der Waals surface area contributed by atoms with Gasteiger partial charge in [-0.05, 0) is 10.1 Å². The first-order valence-corrected chi connectivity index (χ1v) is 11.7. The highest BCUT2D eigenvalue weighted by molar-refractivity contribution is 7.39. The van der Waals surface area contributed by atoms with E-state index in [9.17, 15) is 0 Å². The average Bonchev–Trinajstić information content (AvgIpc) is 2.15. The lowest BCUT2D eigenvalue weighted by atomic mass is 10.2. The second kappa shape index (κ2) is 5.67. The standard InChI is InChI=1S/C14H23Si3/c1-13(2,3)17(14(4,5)6)16-15-12-10-8-7-9-11-12/h7-11H,1-6H3. The lowest BCUT2D eigenvalue weighted by molar-refractivity contribution is 0.660. The molecule has 91 valence electrons. The van der Waals surface area contributed by atoms with Crippen LogP contribution in [0.1, 0.15) is 41.5 Å². The van der Waals surface area contributed by atoms with Gasteiger partial charge in [-0.15, -0.1) is 0 Å². The van der Waals surface area contributed by atoms with E-state index < -0.39 is 0 Å². The number of rotatable bonds is 3. The Kier molecular flexibility index (Phi) is 4.98. The summed E-state index contributed by atoms with van der Waals surface area (Å²) in [5.41, 5.74) is 0. The molecule has 1 aromatic rings. The molecule has 0 saturated heterocycles. The minimum atomic E-state index is -0.333. The van der Waals surface area contributed by atoms with Gasteiger partial charge in [0, 0.05) is 16.9 Å². The van der Waals surface area contributed by atoms with E-state index in [1.165, 1.54) is 5.19 Å². The van der Waals surface area contributed by atoms with Crippen LogP contribution in [0.15, 0.2) is 30.3 Å². The first-order chi connectivity index (χ1) is 7.71. The second-order valence-corrected chi connectivity index (χ2v) is 16.6. The highest BCUT2D eigenvalue weighted by Crippen LogP contribution is 2.40. The molecule has 17 heavy (non-hydrogen) atoms. The van der Waals surface area contributed by atoms with Crippen molar-refractivity contribution in [1.29, 1.82) is 0 Å². The Morgan fingerprint density at radius 1 is 0.824 bits per heavy atom. The van der Waals surface area contributed by atoms with Crippen LogP contribution >= 0.6 is 0 Å². The number of hydrogen-bond donors (Lipinski definition) is 0. The lowest BCUT2D eigenvalue weighted by Gasteiger charge is -2.39. The average molecular weight is 276 g/mol. The quantitative estimate of drug-likeness (QED) is 0.743. The molecule has 0 heterocycles. The van der Waals surface area contributed by atoms with Crippen molar-refractivity contribution in [1.82, 2.24) is 0 Å². The van der Waals surface area contributed by atoms with E-state index in [-0.39, 0.29) is 8.31 Å². The molecule has 0 aliphatic heterocycles. The van der Waals surface area contributed by atoms with Crippen LogP contribution in [0.5, 0.6) is 0 Å². The van der Waals surface area contributed by atoms with E-state index in [1.54, 1.807) is 0 Å². The normalized spacial score (nSPS) is 13.1. The largest absolute Gasteiger partial charge is 0.0681 e. The van der Waals surface area contributed by atoms with E-state index >= 15 is 0 Å². The SMILES string of the molecule is CC(C)(C)[Si]([Si][Si]c1ccccc1)C(C)(C)C. The molecular weight excluding hydrogens is 252 g/mol. The maximum absolute atomic E-state index is 2.43. The fourth-order valence-electron chi connectivity index (χ4n) is 2.16. The van der Waals surface area contributed by atoms with Crippen molar-refractivity contribution in [3.05, 3.63) is 30.3 Å². The Balaban J connectivity index is 2.70. The molecule has 5 radical (unpaired) electrons. The zero-order valence-corrected chi connectivity index (χ0v) is 14.9. The minimum Gasteiger partial charge on any atom is -0.0681 e. The summed E-state index contributed by atoms with van der Waals surface area (Å²) in [4.78, 5) is 0. The van der Waals surface area contributed by atoms with Crippen molar-refractivity contribution in [2.24, 2.45) is 0 Å². The van der Waals surface area contributed by atoms with Crippen molar-refractivity contribution in [2.75, 3.05) is 0 Å². The molecule has 0 aliphatic carbocycles. The summed E-state index contributed by atoms with van der Waals surface area (Å²) in [6.07, 6.45) is 0. The van der Waals surface area contributed by atoms with Crippen molar-refractivity contribution in [3.8, 4) is 0 Å². The predicted octanol–water partition coefficient (Wildman–Crippen LogP) is 3.23. The molecule has 0 N–H and O–H groups in total. The highest BCUT2D eigenvalue weighted by atomic mass is 29.5. The molecule has 0 bridgehead atoms. The number of benzene rings is 1. The third kappa shape index (κ3) is 4.94. The summed E-state index contributed by atoms with van der Waals surface area (Å²) < 4.78 is 0. The van der Waals surface area contributed by atoms with Gasteiger partial charge < -0.3 is 0 Å². The molecular formula is C14H23Si3. The van der Waals surface area contributed by atoms with Crippen LogP contribution in [-0.2, 0) is 0 Å². The van der Waals surface area contributed by atoms with Gasteiger partial charge in [0.25, 0.3) is 0 Å². The fourth-order valence-corrected chi connectivity index (χ4v) is 18.5. The van der Waals surface area contributed by atoms with Gasteiger partial charge in [0.1, 0.15) is 0 Å². The molecule has 0 atom stereocenters. The predicted molar refractivity (Wildman–Crippen MR) is 82.8 cm³/mol. The summed E-state index contributed by atoms with van der Waals surface area (Å²) in [7, 11) is 1.80. The zero-order valence-electron chi connectivity index (χ0n) is 11.9. The van der Waals surface area contributed by atoms with E-state index in [4.69, 9.17) is 0 Å². The van der Waals surface area contributed by atoms with Gasteiger partial charge >= 0.3 is 0 Å². The lowest BCUT2D eigenvalue weighted by Crippen LogP contribution is -2.45. The van der Waals surface area contributed by atoms with E-state index in [2.05, 4.69) is 71.9 Å². The summed E-state index contributed by atoms with van der Waals surface area (Å²) in [6, 6.07) is 11.0. The van der Waals surface area contributed by atoms with Crippen molar-refractivity contribution in [3.63, 3.8) is 0 Å². The molecule has 0 amide bonds. The Labute approximate surface area is 113 Å². The Hall–Kier alpha value is -0.129. The van der Waals surface area contributed by atoms with Crippen LogP contribution in [0.2, 0.25) is 10.1 Å². The van der Waals surface area contributed by atoms with Gasteiger partial charge in [0.05, 0.1) is 9.04 Å². The van der Waals surface area contributed by atoms with E-state index in [0.717, 1.165) is 17.6 Å². The van der Waals surface area contributed by atoms with E-state index in [1.807, 2.05) is 0 Å². The summed E-state index contributed by atoms with van der Waals surface area (Å²) >= 11 is 0. The summed E-state index contributed by atoms with van der Waals surface area (Å²) in [6.45, 7) is 14.6. The third-order valence-electron chi connectivity index (χ3n) is 2.61. The molecule has 1 rings (SSSR count). The van der Waals surface area contributed by atoms with Crippen LogP contribution in [-0.4, -0.2) is 25.9 Å². The Morgan fingerprint density at radius 2 is 1.29 bits per heavy atom. The Morgan fingerprint density at radius 3 is 1.71 bits per heavy atom. The monoisotopic (exact) mass is 275 g/mol. The van der Waals surface area contributed by atoms with E-state index in [0.29, 0.717) is 10.1 Å². The molecule has 0 spiro atoms. The van der Waals surface area contributed by atoms with Crippen LogP contribution in [0.25, 0.3) is 0 Å². The zero-order chi connectivity index (χ0) is 13.1. The van der Waals surface area contributed by atoms with Gasteiger partial charge in [-0.3, -0.25) is 0 Å². The molecule has 3 heteroatoms. The highest BCUT2D eigenvalue weighted by Gasteiger charge is 2.36. The minimum absolute atomic E-state index is 0.333. The molecule has 0 unspecified atom stereocenters. The fraction of sp³-hybridized carbons (Fsp3) is 0.571. The van der Waals surface area contributed by atoms with Crippen LogP contribution in [0.4, 0.5) is 0 Å². The maximum atomic E-state index is 2.43. The topological polar surface area (TPSA) is 0 Å². The first kappa shape index (κ1) is 14.9. The molecule has 1 aromatic carbocycles. The maximum Gasteiger partial charge on any atom is 0.0611 e. The smallest absolute Gasteiger partial charge is 0.0611 e. The third-order valence-corrected chi connectivity index (χ3v) is 16.5. The molecule has 0 nitrogen and oxygen atoms in total. The van der Waals surface area contributed by atoms with Crippen molar-refractivity contribution < 1.29 is 0 Å². The van der Waals surface area contributed by atoms with Crippen LogP contribution in [0.3, 0.4) is 0 Å². The van der Waals surface area contributed by atoms with Gasteiger partial charge in [-0.1, -0.05) is 77.1 Å². The molecule has 0 aromatic heterocycles. The summed E-state index contributed by atoms with van der Waals surface area (Å²) in [5.74, 6) is 0. The van der Waals surface area contributed by atoms with Gasteiger partial charge in [0.15, 0.2) is 0 Å². The van der Waals surface area contributed by atoms with Crippen molar-refractivity contribution in [2.45, 2.75) is 51.6 Å². The molecule has 0 fully saturated rings. The summed E-state index contributed by atoms with van der Waals surface area (Å²) in [5, 5.41) is 2.54. The Bertz CT molecular complexity index is 319. The van der Waals surface area contributed by atoms with Crippen molar-refractivity contribution >= 4 is 31.1 Å². The first-order valence-electron chi connectivity index (χ1n) is 6.16. The van der Waals surface area contributed by atoms with Gasteiger partial charge in [-0.2, -0.15) is 0 Å². The van der Waals surface area contributed by atoms with Gasteiger partial charge in [-0.25, -0.2) is 0 Å². The molecule has 0 saturated carbocycles. The van der Waals surface area contributed by atoms with Crippen LogP contribution < -0.4 is 5.19 Å². The molecule has 0 aliphatic rings. The second-order valence-electron chi connectivity index (χ2n) is 6.49. The van der Waals surface area contributed by atoms with Crippen LogP contribution in [0, 0.1) is 0 Å². The number of hydrogen-bond acceptors (Lipinski definition) is 0.